The fourth-order valence-corrected chi connectivity index (χ4v) is 2.60. The van der Waals surface area contributed by atoms with Crippen molar-refractivity contribution in [1.29, 1.82) is 0 Å². The number of hydrogen-bond acceptors (Lipinski definition) is 7. The van der Waals surface area contributed by atoms with Crippen molar-refractivity contribution >= 4 is 29.6 Å². The van der Waals surface area contributed by atoms with E-state index in [1.165, 1.54) is 6.92 Å². The normalized spacial score (nSPS) is 12.1. The van der Waals surface area contributed by atoms with E-state index in [9.17, 15) is 19.5 Å². The summed E-state index contributed by atoms with van der Waals surface area (Å²) < 4.78 is 20.1. The number of ether oxygens (including phenoxy) is 4. The zero-order valence-electron chi connectivity index (χ0n) is 16.6. The molecule has 1 unspecified atom stereocenters. The van der Waals surface area contributed by atoms with Gasteiger partial charge in [0.05, 0.1) is 5.92 Å². The molecule has 1 aromatic rings. The molecule has 1 rings (SSSR count). The number of carboxylic acid groups (broad SMARTS) is 1. The van der Waals surface area contributed by atoms with Crippen LogP contribution in [0.25, 0.3) is 0 Å². The molecule has 0 saturated heterocycles. The Balaban J connectivity index is 2.42. The Morgan fingerprint density at radius 3 is 2.21 bits per heavy atom. The van der Waals surface area contributed by atoms with Gasteiger partial charge in [-0.1, -0.05) is 23.7 Å². The van der Waals surface area contributed by atoms with Gasteiger partial charge in [0.25, 0.3) is 5.79 Å². The van der Waals surface area contributed by atoms with Crippen LogP contribution in [0.4, 0.5) is 4.79 Å². The molecule has 0 fully saturated rings. The van der Waals surface area contributed by atoms with Crippen molar-refractivity contribution in [1.82, 2.24) is 5.32 Å². The van der Waals surface area contributed by atoms with Gasteiger partial charge in [-0.25, -0.2) is 9.59 Å². The number of hydrogen-bond donors (Lipinski definition) is 2. The van der Waals surface area contributed by atoms with Crippen molar-refractivity contribution in [2.75, 3.05) is 26.6 Å². The lowest BCUT2D eigenvalue weighted by molar-refractivity contribution is -0.242. The summed E-state index contributed by atoms with van der Waals surface area (Å²) in [6, 6.07) is 6.43. The van der Waals surface area contributed by atoms with E-state index in [-0.39, 0.29) is 26.2 Å². The Morgan fingerprint density at radius 2 is 1.69 bits per heavy atom. The predicted octanol–water partition coefficient (Wildman–Crippen LogP) is 2.91. The smallest absolute Gasteiger partial charge is 0.410 e. The lowest BCUT2D eigenvalue weighted by atomic mass is 9.96. The number of halogens is 1. The summed E-state index contributed by atoms with van der Waals surface area (Å²) in [5.74, 6) is -4.26. The number of esters is 1. The minimum atomic E-state index is -1.59. The van der Waals surface area contributed by atoms with E-state index < -0.39 is 36.5 Å². The van der Waals surface area contributed by atoms with Crippen LogP contribution in [0.15, 0.2) is 24.3 Å². The van der Waals surface area contributed by atoms with Gasteiger partial charge in [-0.2, -0.15) is 0 Å². The maximum absolute atomic E-state index is 12.0. The minimum absolute atomic E-state index is 0.0436. The van der Waals surface area contributed by atoms with Gasteiger partial charge in [0.15, 0.2) is 0 Å². The van der Waals surface area contributed by atoms with Gasteiger partial charge in [0, 0.05) is 31.7 Å². The number of aliphatic carboxylic acids is 1. The molecule has 0 heterocycles. The van der Waals surface area contributed by atoms with Crippen LogP contribution in [0.2, 0.25) is 5.02 Å². The minimum Gasteiger partial charge on any atom is -0.481 e. The third-order valence-electron chi connectivity index (χ3n) is 3.86. The molecule has 1 atom stereocenters. The fraction of sp³-hybridized carbons (Fsp3) is 0.526. The van der Waals surface area contributed by atoms with E-state index in [1.807, 2.05) is 0 Å². The maximum Gasteiger partial charge on any atom is 0.410 e. The monoisotopic (exact) mass is 431 g/mol. The number of alkyl carbamates (subject to hydrolysis) is 1. The van der Waals surface area contributed by atoms with Crippen molar-refractivity contribution in [3.63, 3.8) is 0 Å². The molecule has 0 bridgehead atoms. The van der Waals surface area contributed by atoms with Crippen LogP contribution in [0.5, 0.6) is 0 Å². The van der Waals surface area contributed by atoms with Crippen LogP contribution in [-0.4, -0.2) is 55.5 Å². The largest absolute Gasteiger partial charge is 0.481 e. The van der Waals surface area contributed by atoms with Gasteiger partial charge >= 0.3 is 18.0 Å². The molecule has 0 radical (unpaired) electrons. The van der Waals surface area contributed by atoms with E-state index in [2.05, 4.69) is 5.32 Å². The molecule has 0 aliphatic rings. The van der Waals surface area contributed by atoms with Crippen molar-refractivity contribution in [3.8, 4) is 0 Å². The summed E-state index contributed by atoms with van der Waals surface area (Å²) in [5, 5.41) is 12.3. The lowest BCUT2D eigenvalue weighted by Crippen LogP contribution is -2.43. The number of rotatable bonds is 12. The van der Waals surface area contributed by atoms with Crippen LogP contribution >= 0.6 is 11.6 Å². The first kappa shape index (κ1) is 24.7. The second-order valence-electron chi connectivity index (χ2n) is 5.95. The molecule has 0 aliphatic carbocycles. The molecule has 162 valence electrons. The molecular weight excluding hydrogens is 406 g/mol. The first-order valence-corrected chi connectivity index (χ1v) is 9.45. The average Bonchev–Trinajstić information content (AvgIpc) is 2.66. The Hall–Kier alpha value is -2.36. The van der Waals surface area contributed by atoms with E-state index in [0.717, 1.165) is 0 Å². The quantitative estimate of drug-likeness (QED) is 0.383. The Labute approximate surface area is 174 Å². The molecule has 29 heavy (non-hydrogen) atoms. The standard InChI is InChI=1S/C19H26ClNO8/c1-4-28-19(3,29-5-2)17(24)26-12-27-18(25)21-11-10-15(16(22)23)13-6-8-14(20)9-7-13/h6-9,15H,4-5,10-12H2,1-3H3,(H,21,25)(H,22,23). The number of carbonyl (C=O) groups excluding carboxylic acids is 2. The SMILES string of the molecule is CCOC(C)(OCC)C(=O)OCOC(=O)NCCC(C(=O)O)c1ccc(Cl)cc1. The van der Waals surface area contributed by atoms with E-state index in [0.29, 0.717) is 10.6 Å². The first-order valence-electron chi connectivity index (χ1n) is 9.07. The van der Waals surface area contributed by atoms with Gasteiger partial charge in [-0.05, 0) is 38.0 Å². The summed E-state index contributed by atoms with van der Waals surface area (Å²) in [7, 11) is 0. The summed E-state index contributed by atoms with van der Waals surface area (Å²) in [6.07, 6.45) is -0.717. The van der Waals surface area contributed by atoms with Gasteiger partial charge in [0.1, 0.15) is 0 Å². The predicted molar refractivity (Wildman–Crippen MR) is 104 cm³/mol. The highest BCUT2D eigenvalue weighted by molar-refractivity contribution is 6.30. The van der Waals surface area contributed by atoms with E-state index in [4.69, 9.17) is 30.5 Å². The Bertz CT molecular complexity index is 673. The van der Waals surface area contributed by atoms with Crippen LogP contribution in [0.3, 0.4) is 0 Å². The van der Waals surface area contributed by atoms with Gasteiger partial charge in [-0.3, -0.25) is 4.79 Å². The highest BCUT2D eigenvalue weighted by Crippen LogP contribution is 2.21. The summed E-state index contributed by atoms with van der Waals surface area (Å²) >= 11 is 5.80. The number of amides is 1. The molecule has 0 spiro atoms. The first-order chi connectivity index (χ1) is 13.7. The van der Waals surface area contributed by atoms with Gasteiger partial charge < -0.3 is 29.4 Å². The molecule has 1 amide bonds. The molecular formula is C19H26ClNO8. The number of carbonyl (C=O) groups is 3. The number of carboxylic acids is 1. The summed E-state index contributed by atoms with van der Waals surface area (Å²) in [6.45, 7) is 4.66. The van der Waals surface area contributed by atoms with Crippen LogP contribution in [-0.2, 0) is 28.5 Å². The topological polar surface area (TPSA) is 120 Å². The summed E-state index contributed by atoms with van der Waals surface area (Å²) in [4.78, 5) is 35.2. The molecule has 1 aromatic carbocycles. The Kier molecular flexibility index (Phi) is 10.4. The highest BCUT2D eigenvalue weighted by atomic mass is 35.5. The lowest BCUT2D eigenvalue weighted by Gasteiger charge is -2.26. The molecule has 9 nitrogen and oxygen atoms in total. The molecule has 10 heteroatoms. The maximum atomic E-state index is 12.0. The highest BCUT2D eigenvalue weighted by Gasteiger charge is 2.37. The zero-order chi connectivity index (χ0) is 21.9. The molecule has 2 N–H and O–H groups in total. The second kappa shape index (κ2) is 12.3. The van der Waals surface area contributed by atoms with E-state index in [1.54, 1.807) is 38.1 Å². The van der Waals surface area contributed by atoms with Crippen LogP contribution in [0.1, 0.15) is 38.7 Å². The number of benzene rings is 1. The second-order valence-corrected chi connectivity index (χ2v) is 6.39. The van der Waals surface area contributed by atoms with Crippen molar-refractivity contribution < 1.29 is 38.4 Å². The van der Waals surface area contributed by atoms with Gasteiger partial charge in [-0.15, -0.1) is 0 Å². The number of nitrogens with one attached hydrogen (secondary N) is 1. The van der Waals surface area contributed by atoms with Gasteiger partial charge in [0.2, 0.25) is 6.79 Å². The van der Waals surface area contributed by atoms with E-state index >= 15 is 0 Å². The Morgan fingerprint density at radius 1 is 1.10 bits per heavy atom. The fourth-order valence-electron chi connectivity index (χ4n) is 2.48. The van der Waals surface area contributed by atoms with Crippen LogP contribution in [0, 0.1) is 0 Å². The summed E-state index contributed by atoms with van der Waals surface area (Å²) in [5.41, 5.74) is 0.567. The van der Waals surface area contributed by atoms with Crippen molar-refractivity contribution in [2.24, 2.45) is 0 Å². The molecule has 0 aromatic heterocycles. The average molecular weight is 432 g/mol. The van der Waals surface area contributed by atoms with Crippen molar-refractivity contribution in [2.45, 2.75) is 38.9 Å². The van der Waals surface area contributed by atoms with Crippen LogP contribution < -0.4 is 5.32 Å². The van der Waals surface area contributed by atoms with Crippen molar-refractivity contribution in [3.05, 3.63) is 34.9 Å². The zero-order valence-corrected chi connectivity index (χ0v) is 17.4. The molecule has 0 saturated carbocycles. The third-order valence-corrected chi connectivity index (χ3v) is 4.12. The molecule has 0 aliphatic heterocycles. The third kappa shape index (κ3) is 8.26.